The van der Waals surface area contributed by atoms with Gasteiger partial charge in [0.1, 0.15) is 41.6 Å². The molecule has 4 N–H and O–H groups in total. The normalized spacial score (nSPS) is 21.3. The smallest absolute Gasteiger partial charge is 0.407 e. The lowest BCUT2D eigenvalue weighted by molar-refractivity contribution is -0.139. The maximum absolute atomic E-state index is 14.9. The molecule has 18 heteroatoms. The van der Waals surface area contributed by atoms with Gasteiger partial charge in [-0.3, -0.25) is 19.2 Å². The van der Waals surface area contributed by atoms with E-state index in [-0.39, 0.29) is 46.0 Å². The number of anilines is 2. The molecule has 4 heterocycles. The zero-order chi connectivity index (χ0) is 47.7. The monoisotopic (exact) mass is 923 g/mol. The Kier molecular flexibility index (Phi) is 11.6. The van der Waals surface area contributed by atoms with Crippen LogP contribution in [-0.4, -0.2) is 102 Å². The first-order valence-corrected chi connectivity index (χ1v) is 22.7. The molecule has 3 aliphatic heterocycles. The Hall–Kier alpha value is -6.72. The quantitative estimate of drug-likeness (QED) is 0.124. The van der Waals surface area contributed by atoms with Crippen molar-refractivity contribution >= 4 is 58.1 Å². The maximum atomic E-state index is 14.9. The average molecular weight is 924 g/mol. The fourth-order valence-corrected chi connectivity index (χ4v) is 10.1. The largest absolute Gasteiger partial charge is 0.465 e. The molecule has 3 aromatic carbocycles. The maximum Gasteiger partial charge on any atom is 0.407 e. The summed E-state index contributed by atoms with van der Waals surface area (Å²) in [6, 6.07) is 12.1. The standard InChI is InChI=1S/C49H55F2N7O9/c1-25(2)39(54-46(63)65-5)43(61)56-23-48(11-12-48)21-36(56)41(59)52-31-8-10-34-27(17-31)18-35-33-9-7-32(20-38(33)67-45(58(34)35)28-15-29(50)19-30(51)16-28)53-42(60)37-22-49(13-14-49)24-57(37)44(62)40(26(3)4)55-47(64)66-6/h7-10,15-20,25-26,36-37,39-40,45H,11-14,21-24H2,1-6H3,(H,52,59)(H,53,60)(H,54,63)(H,55,64)/t36-,37-,39?,40-,45?/m0/s1. The van der Waals surface area contributed by atoms with E-state index in [0.29, 0.717) is 65.2 Å². The summed E-state index contributed by atoms with van der Waals surface area (Å²) in [5.41, 5.74) is 2.59. The van der Waals surface area contributed by atoms with Crippen molar-refractivity contribution in [3.8, 4) is 17.0 Å². The summed E-state index contributed by atoms with van der Waals surface area (Å²) in [5, 5.41) is 11.9. The van der Waals surface area contributed by atoms with E-state index < -0.39 is 60.1 Å². The van der Waals surface area contributed by atoms with E-state index in [2.05, 4.69) is 21.3 Å². The van der Waals surface area contributed by atoms with Crippen LogP contribution >= 0.6 is 0 Å². The number of aromatic nitrogens is 1. The molecule has 5 aliphatic rings. The first-order chi connectivity index (χ1) is 31.9. The first-order valence-electron chi connectivity index (χ1n) is 22.7. The van der Waals surface area contributed by atoms with Crippen molar-refractivity contribution in [1.29, 1.82) is 0 Å². The highest BCUT2D eigenvalue weighted by atomic mass is 19.1. The Morgan fingerprint density at radius 2 is 1.16 bits per heavy atom. The van der Waals surface area contributed by atoms with Gasteiger partial charge >= 0.3 is 12.2 Å². The molecule has 354 valence electrons. The number of carbonyl (C=O) groups is 6. The number of nitrogens with one attached hydrogen (secondary N) is 4. The molecule has 2 unspecified atom stereocenters. The Balaban J connectivity index is 0.999. The molecule has 2 spiro atoms. The second-order valence-corrected chi connectivity index (χ2v) is 19.6. The van der Waals surface area contributed by atoms with Gasteiger partial charge in [-0.1, -0.05) is 27.7 Å². The van der Waals surface area contributed by atoms with Crippen LogP contribution in [0.1, 0.15) is 78.0 Å². The van der Waals surface area contributed by atoms with Crippen LogP contribution in [0.25, 0.3) is 22.2 Å². The van der Waals surface area contributed by atoms with Crippen LogP contribution in [0.4, 0.5) is 29.7 Å². The summed E-state index contributed by atoms with van der Waals surface area (Å²) in [7, 11) is 2.45. The number of amides is 6. The van der Waals surface area contributed by atoms with E-state index in [0.717, 1.165) is 31.7 Å². The van der Waals surface area contributed by atoms with Crippen molar-refractivity contribution in [3.05, 3.63) is 77.9 Å². The van der Waals surface area contributed by atoms with E-state index in [1.54, 1.807) is 60.0 Å². The number of hydrogen-bond donors (Lipinski definition) is 4. The number of ether oxygens (including phenoxy) is 3. The van der Waals surface area contributed by atoms with Gasteiger partial charge in [0.15, 0.2) is 0 Å². The number of benzene rings is 3. The zero-order valence-corrected chi connectivity index (χ0v) is 38.2. The van der Waals surface area contributed by atoms with Crippen molar-refractivity contribution in [3.63, 3.8) is 0 Å². The van der Waals surface area contributed by atoms with Crippen LogP contribution in [-0.2, 0) is 28.7 Å². The highest BCUT2D eigenvalue weighted by molar-refractivity contribution is 6.02. The number of hydrogen-bond acceptors (Lipinski definition) is 9. The summed E-state index contributed by atoms with van der Waals surface area (Å²) in [6.45, 7) is 8.04. The highest BCUT2D eigenvalue weighted by Crippen LogP contribution is 2.56. The third-order valence-corrected chi connectivity index (χ3v) is 14.2. The van der Waals surface area contributed by atoms with Crippen LogP contribution < -0.4 is 26.0 Å². The Labute approximate surface area is 386 Å². The summed E-state index contributed by atoms with van der Waals surface area (Å²) >= 11 is 0. The molecule has 5 atom stereocenters. The summed E-state index contributed by atoms with van der Waals surface area (Å²) in [4.78, 5) is 83.6. The second-order valence-electron chi connectivity index (χ2n) is 19.6. The van der Waals surface area contributed by atoms with E-state index in [4.69, 9.17) is 14.2 Å². The van der Waals surface area contributed by atoms with Gasteiger partial charge in [0.05, 0.1) is 25.4 Å². The Bertz CT molecular complexity index is 2670. The molecular formula is C49H55F2N7O9. The minimum Gasteiger partial charge on any atom is -0.465 e. The molecule has 16 nitrogen and oxygen atoms in total. The van der Waals surface area contributed by atoms with E-state index in [9.17, 15) is 37.5 Å². The Morgan fingerprint density at radius 3 is 1.64 bits per heavy atom. The number of alkyl carbamates (subject to hydrolysis) is 2. The SMILES string of the molecule is COC(=O)NC(C(=O)N1CC2(CC2)C[C@H]1C(=O)Nc1ccc2c(c1)cc1n2C(c2cc(F)cc(F)c2)Oc2cc(NC(=O)[C@@H]3CC4(CC4)CN3C(=O)[C@@H](NC(=O)OC)C(C)C)ccc2-1)C(C)C. The van der Waals surface area contributed by atoms with Crippen molar-refractivity contribution in [2.45, 2.75) is 96.6 Å². The van der Waals surface area contributed by atoms with E-state index >= 15 is 0 Å². The molecule has 2 saturated heterocycles. The zero-order valence-electron chi connectivity index (χ0n) is 38.2. The molecule has 4 fully saturated rings. The molecule has 67 heavy (non-hydrogen) atoms. The number of rotatable bonds is 11. The summed E-state index contributed by atoms with van der Waals surface area (Å²) in [5.74, 6) is -3.32. The molecule has 2 saturated carbocycles. The minimum absolute atomic E-state index is 0.145. The molecule has 6 amide bonds. The first kappa shape index (κ1) is 45.4. The molecule has 9 rings (SSSR count). The van der Waals surface area contributed by atoms with Crippen LogP contribution in [0, 0.1) is 34.3 Å². The fraction of sp³-hybridized carbons (Fsp3) is 0.469. The number of likely N-dealkylation sites (tertiary alicyclic amines) is 2. The lowest BCUT2D eigenvalue weighted by Gasteiger charge is -2.31. The van der Waals surface area contributed by atoms with Crippen LogP contribution in [0.5, 0.6) is 5.75 Å². The van der Waals surface area contributed by atoms with Crippen LogP contribution in [0.2, 0.25) is 0 Å². The summed E-state index contributed by atoms with van der Waals surface area (Å²) < 4.78 is 47.7. The van der Waals surface area contributed by atoms with Crippen molar-refractivity contribution in [2.75, 3.05) is 37.9 Å². The number of fused-ring (bicyclic) bond motifs is 5. The number of nitrogens with zero attached hydrogens (tertiary/aromatic N) is 3. The molecule has 0 radical (unpaired) electrons. The van der Waals surface area contributed by atoms with Crippen molar-refractivity contribution < 1.29 is 51.8 Å². The van der Waals surface area contributed by atoms with Crippen molar-refractivity contribution in [1.82, 2.24) is 25.0 Å². The highest BCUT2D eigenvalue weighted by Gasteiger charge is 2.57. The Morgan fingerprint density at radius 1 is 0.672 bits per heavy atom. The van der Waals surface area contributed by atoms with Gasteiger partial charge in [-0.05, 0) is 110 Å². The van der Waals surface area contributed by atoms with Gasteiger partial charge in [-0.15, -0.1) is 0 Å². The van der Waals surface area contributed by atoms with Crippen LogP contribution in [0.15, 0.2) is 60.7 Å². The number of carbonyl (C=O) groups excluding carboxylic acids is 6. The number of methoxy groups -OCH3 is 2. The van der Waals surface area contributed by atoms with Gasteiger partial charge < -0.3 is 49.8 Å². The van der Waals surface area contributed by atoms with Gasteiger partial charge in [0.25, 0.3) is 0 Å². The molecule has 0 bridgehead atoms. The third kappa shape index (κ3) is 8.73. The minimum atomic E-state index is -1.06. The van der Waals surface area contributed by atoms with Gasteiger partial charge in [0, 0.05) is 53.1 Å². The summed E-state index contributed by atoms with van der Waals surface area (Å²) in [6.07, 6.45) is 1.96. The van der Waals surface area contributed by atoms with Gasteiger partial charge in [0.2, 0.25) is 29.9 Å². The lowest BCUT2D eigenvalue weighted by atomic mass is 10.0. The molecular weight excluding hydrogens is 869 g/mol. The fourth-order valence-electron chi connectivity index (χ4n) is 10.1. The van der Waals surface area contributed by atoms with E-state index in [1.807, 2.05) is 24.5 Å². The second kappa shape index (κ2) is 17.2. The topological polar surface area (TPSA) is 190 Å². The molecule has 1 aromatic heterocycles. The molecule has 2 aliphatic carbocycles. The average Bonchev–Trinajstić information content (AvgIpc) is 4.08. The predicted octanol–water partition coefficient (Wildman–Crippen LogP) is 6.93. The number of halogens is 2. The van der Waals surface area contributed by atoms with Gasteiger partial charge in [-0.2, -0.15) is 0 Å². The van der Waals surface area contributed by atoms with Crippen molar-refractivity contribution in [2.24, 2.45) is 22.7 Å². The van der Waals surface area contributed by atoms with Crippen LogP contribution in [0.3, 0.4) is 0 Å². The lowest BCUT2D eigenvalue weighted by Crippen LogP contribution is -2.54. The third-order valence-electron chi connectivity index (χ3n) is 14.2. The molecule has 4 aromatic rings. The van der Waals surface area contributed by atoms with E-state index in [1.165, 1.54) is 26.4 Å². The predicted molar refractivity (Wildman–Crippen MR) is 242 cm³/mol. The van der Waals surface area contributed by atoms with Gasteiger partial charge in [-0.25, -0.2) is 18.4 Å².